The highest BCUT2D eigenvalue weighted by molar-refractivity contribution is 6.26. The molecule has 50 heavy (non-hydrogen) atoms. The van der Waals surface area contributed by atoms with E-state index in [0.717, 1.165) is 64.6 Å². The number of rotatable bonds is 4. The molecule has 0 aliphatic rings. The van der Waals surface area contributed by atoms with Gasteiger partial charge in [-0.3, -0.25) is 0 Å². The zero-order valence-corrected chi connectivity index (χ0v) is 26.5. The summed E-state index contributed by atoms with van der Waals surface area (Å²) < 4.78 is 101. The Morgan fingerprint density at radius 1 is 0.280 bits per heavy atom. The Kier molecular flexibility index (Phi) is 3.97. The highest BCUT2D eigenvalue weighted by Crippen LogP contribution is 2.41. The molecule has 0 aliphatic heterocycles. The first kappa shape index (κ1) is 18.9. The molecule has 230 valence electrons. The molecule has 0 N–H and O–H groups in total. The van der Waals surface area contributed by atoms with Crippen molar-refractivity contribution < 1.29 is 15.1 Å². The summed E-state index contributed by atoms with van der Waals surface area (Å²) in [5.74, 6) is 0. The topological polar surface area (TPSA) is 0 Å². The van der Waals surface area contributed by atoms with Gasteiger partial charge in [0.15, 0.2) is 0 Å². The van der Waals surface area contributed by atoms with E-state index in [-0.39, 0.29) is 39.9 Å². The predicted molar refractivity (Wildman–Crippen MR) is 216 cm³/mol. The molecule has 11 aromatic rings. The smallest absolute Gasteiger partial charge is 0.0610 e. The standard InChI is InChI=1S/C50H30/c1-4-35-18-20-39-22-26-43(45-28-24-37(6-1)47(35)49(39)45)33-14-10-31(11-15-33)41-8-3-9-42(30-41)32-12-16-34(17-13-32)44-27-23-40-21-19-36-5-2-7-38-25-29-46(44)50(40)48(36)38/h1-30H/i3D,8D,9D,10D,11D,12D,14D,15D,16D,17D,30D. The van der Waals surface area contributed by atoms with Gasteiger partial charge in [-0.15, -0.1) is 0 Å². The van der Waals surface area contributed by atoms with Crippen LogP contribution in [0.3, 0.4) is 0 Å². The van der Waals surface area contributed by atoms with Crippen molar-refractivity contribution in [2.45, 2.75) is 0 Å². The van der Waals surface area contributed by atoms with Gasteiger partial charge in [0.05, 0.1) is 15.1 Å². The van der Waals surface area contributed by atoms with E-state index in [9.17, 15) is 11.0 Å². The van der Waals surface area contributed by atoms with Gasteiger partial charge in [-0.2, -0.15) is 0 Å². The summed E-state index contributed by atoms with van der Waals surface area (Å²) in [5.41, 5.74) is 0.0684. The van der Waals surface area contributed by atoms with Crippen LogP contribution in [0.4, 0.5) is 0 Å². The largest absolute Gasteiger partial charge is 0.0636 e. The molecule has 0 fully saturated rings. The van der Waals surface area contributed by atoms with E-state index >= 15 is 0 Å². The van der Waals surface area contributed by atoms with Crippen LogP contribution in [0.25, 0.3) is 109 Å². The van der Waals surface area contributed by atoms with Crippen LogP contribution < -0.4 is 0 Å². The normalized spacial score (nSPS) is 15.1. The molecule has 0 bridgehead atoms. The van der Waals surface area contributed by atoms with Gasteiger partial charge in [-0.1, -0.05) is 176 Å². The Morgan fingerprint density at radius 3 is 1.22 bits per heavy atom. The molecule has 11 aromatic carbocycles. The highest BCUT2D eigenvalue weighted by atomic mass is 14.2. The Labute approximate surface area is 305 Å². The Balaban J connectivity index is 1.10. The Bertz CT molecular complexity index is 3660. The molecule has 11 rings (SSSR count). The summed E-state index contributed by atoms with van der Waals surface area (Å²) in [6.45, 7) is 0. The van der Waals surface area contributed by atoms with E-state index < -0.39 is 59.9 Å². The van der Waals surface area contributed by atoms with E-state index in [1.54, 1.807) is 6.07 Å². The third-order valence-corrected chi connectivity index (χ3v) is 10.0. The molecule has 0 heterocycles. The molecular formula is C50H30. The molecule has 0 unspecified atom stereocenters. The molecule has 0 saturated carbocycles. The van der Waals surface area contributed by atoms with Gasteiger partial charge in [0.25, 0.3) is 0 Å². The van der Waals surface area contributed by atoms with Gasteiger partial charge in [0.1, 0.15) is 0 Å². The van der Waals surface area contributed by atoms with Gasteiger partial charge in [-0.25, -0.2) is 0 Å². The van der Waals surface area contributed by atoms with Crippen molar-refractivity contribution in [1.82, 2.24) is 0 Å². The first-order valence-electron chi connectivity index (χ1n) is 22.0. The molecule has 0 nitrogen and oxygen atoms in total. The fraction of sp³-hybridized carbons (Fsp3) is 0. The fourth-order valence-electron chi connectivity index (χ4n) is 7.71. The van der Waals surface area contributed by atoms with Crippen LogP contribution in [0.2, 0.25) is 0 Å². The maximum atomic E-state index is 9.45. The zero-order chi connectivity index (χ0) is 42.3. The van der Waals surface area contributed by atoms with Crippen molar-refractivity contribution in [3.8, 4) is 44.5 Å². The van der Waals surface area contributed by atoms with Crippen LogP contribution in [0.1, 0.15) is 15.1 Å². The molecule has 0 amide bonds. The van der Waals surface area contributed by atoms with Crippen molar-refractivity contribution in [2.24, 2.45) is 0 Å². The monoisotopic (exact) mass is 641 g/mol. The van der Waals surface area contributed by atoms with Crippen LogP contribution in [-0.4, -0.2) is 0 Å². The SMILES string of the molecule is [2H]c1cc(-c2c([2H])c([2H])c([2H])c(-c3c([2H])c([2H])c(-c4ccc5ccc6cccc7ccc4c5c67)c([2H])c3[2H])c2[2H])c([2H])c([2H])c1-c1ccc2ccc3cccc4ccc1c2c34. The summed E-state index contributed by atoms with van der Waals surface area (Å²) in [6.07, 6.45) is 0. The lowest BCUT2D eigenvalue weighted by Crippen LogP contribution is -1.88. The van der Waals surface area contributed by atoms with Crippen LogP contribution in [0.15, 0.2) is 182 Å². The minimum absolute atomic E-state index is 0.0479. The average molecular weight is 642 g/mol. The lowest BCUT2D eigenvalue weighted by atomic mass is 9.89. The summed E-state index contributed by atoms with van der Waals surface area (Å²) in [4.78, 5) is 0. The number of benzene rings is 11. The van der Waals surface area contributed by atoms with E-state index in [4.69, 9.17) is 4.11 Å². The average Bonchev–Trinajstić information content (AvgIpc) is 3.27. The minimum atomic E-state index is -0.651. The molecule has 0 aliphatic carbocycles. The number of hydrogen-bond acceptors (Lipinski definition) is 0. The van der Waals surface area contributed by atoms with Crippen molar-refractivity contribution in [3.05, 3.63) is 182 Å². The second-order valence-electron chi connectivity index (χ2n) is 12.8. The van der Waals surface area contributed by atoms with Crippen molar-refractivity contribution in [2.75, 3.05) is 0 Å². The van der Waals surface area contributed by atoms with Crippen molar-refractivity contribution >= 4 is 64.6 Å². The fourth-order valence-corrected chi connectivity index (χ4v) is 7.71. The van der Waals surface area contributed by atoms with Crippen molar-refractivity contribution in [3.63, 3.8) is 0 Å². The quantitative estimate of drug-likeness (QED) is 0.168. The van der Waals surface area contributed by atoms with E-state index in [0.29, 0.717) is 11.1 Å². The third-order valence-electron chi connectivity index (χ3n) is 10.0. The van der Waals surface area contributed by atoms with E-state index in [1.807, 2.05) is 97.1 Å². The van der Waals surface area contributed by atoms with Crippen LogP contribution >= 0.6 is 0 Å². The van der Waals surface area contributed by atoms with Crippen molar-refractivity contribution in [1.29, 1.82) is 0 Å². The second kappa shape index (κ2) is 10.5. The maximum Gasteiger partial charge on any atom is 0.0636 e. The lowest BCUT2D eigenvalue weighted by molar-refractivity contribution is 1.58. The molecule has 0 saturated heterocycles. The highest BCUT2D eigenvalue weighted by Gasteiger charge is 2.14. The molecule has 0 atom stereocenters. The predicted octanol–water partition coefficient (Wildman–Crippen LogP) is 14.1. The molecule has 0 heteroatoms. The number of hydrogen-bond donors (Lipinski definition) is 0. The van der Waals surface area contributed by atoms with Gasteiger partial charge in [-0.05, 0) is 115 Å². The second-order valence-corrected chi connectivity index (χ2v) is 12.8. The summed E-state index contributed by atoms with van der Waals surface area (Å²) in [5, 5.41) is 11.7. The van der Waals surface area contributed by atoms with Gasteiger partial charge < -0.3 is 0 Å². The molecule has 0 aromatic heterocycles. The van der Waals surface area contributed by atoms with Gasteiger partial charge in [0, 0.05) is 0 Å². The Morgan fingerprint density at radius 2 is 0.680 bits per heavy atom. The first-order chi connectivity index (χ1) is 29.4. The van der Waals surface area contributed by atoms with Crippen LogP contribution in [0.5, 0.6) is 0 Å². The lowest BCUT2D eigenvalue weighted by Gasteiger charge is -2.15. The van der Waals surface area contributed by atoms with E-state index in [2.05, 4.69) is 6.07 Å². The Hall–Kier alpha value is -6.50. The zero-order valence-electron chi connectivity index (χ0n) is 37.5. The molecular weight excluding hydrogens is 601 g/mol. The van der Waals surface area contributed by atoms with Crippen LogP contribution in [0, 0.1) is 0 Å². The van der Waals surface area contributed by atoms with Gasteiger partial charge in [0.2, 0.25) is 0 Å². The molecule has 0 spiro atoms. The third kappa shape index (κ3) is 4.06. The minimum Gasteiger partial charge on any atom is -0.0610 e. The van der Waals surface area contributed by atoms with Crippen LogP contribution in [-0.2, 0) is 0 Å². The summed E-state index contributed by atoms with van der Waals surface area (Å²) >= 11 is 0. The first-order valence-corrected chi connectivity index (χ1v) is 16.5. The van der Waals surface area contributed by atoms with Gasteiger partial charge >= 0.3 is 0 Å². The molecule has 0 radical (unpaired) electrons. The summed E-state index contributed by atoms with van der Waals surface area (Å²) in [6, 6.07) is 31.7. The maximum absolute atomic E-state index is 9.45. The summed E-state index contributed by atoms with van der Waals surface area (Å²) in [7, 11) is 0. The van der Waals surface area contributed by atoms with E-state index in [1.165, 1.54) is 6.07 Å².